The van der Waals surface area contributed by atoms with E-state index in [0.717, 1.165) is 16.4 Å². The quantitative estimate of drug-likeness (QED) is 0.848. The van der Waals surface area contributed by atoms with Crippen molar-refractivity contribution in [3.05, 3.63) is 24.0 Å². The molecule has 0 saturated carbocycles. The van der Waals surface area contributed by atoms with Gasteiger partial charge < -0.3 is 10.1 Å². The second-order valence-electron chi connectivity index (χ2n) is 4.78. The van der Waals surface area contributed by atoms with E-state index in [1.807, 2.05) is 0 Å². The molecule has 1 N–H and O–H groups in total. The van der Waals surface area contributed by atoms with E-state index in [4.69, 9.17) is 4.74 Å². The van der Waals surface area contributed by atoms with E-state index < -0.39 is 21.7 Å². The monoisotopic (exact) mass is 318 g/mol. The summed E-state index contributed by atoms with van der Waals surface area (Å²) >= 11 is 0. The number of hydrogen-bond acceptors (Lipinski definition) is 4. The molecular formula is C13H19FN2O4S. The summed E-state index contributed by atoms with van der Waals surface area (Å²) in [6.07, 6.45) is 0. The third-order valence-corrected chi connectivity index (χ3v) is 4.45. The number of rotatable bonds is 6. The summed E-state index contributed by atoms with van der Waals surface area (Å²) < 4.78 is 43.8. The molecule has 21 heavy (non-hydrogen) atoms. The molecule has 0 aliphatic carbocycles. The smallest absolute Gasteiger partial charge is 0.247 e. The first kappa shape index (κ1) is 17.4. The van der Waals surface area contributed by atoms with E-state index in [1.54, 1.807) is 13.8 Å². The molecule has 1 rings (SSSR count). The van der Waals surface area contributed by atoms with Crippen molar-refractivity contribution in [1.82, 2.24) is 9.62 Å². The van der Waals surface area contributed by atoms with E-state index in [0.29, 0.717) is 0 Å². The highest BCUT2D eigenvalue weighted by Crippen LogP contribution is 2.26. The lowest BCUT2D eigenvalue weighted by Crippen LogP contribution is -2.40. The number of halogens is 1. The fourth-order valence-electron chi connectivity index (χ4n) is 1.67. The topological polar surface area (TPSA) is 75.7 Å². The summed E-state index contributed by atoms with van der Waals surface area (Å²) in [5.74, 6) is -1.12. The van der Waals surface area contributed by atoms with Crippen molar-refractivity contribution in [2.75, 3.05) is 20.7 Å². The van der Waals surface area contributed by atoms with Gasteiger partial charge >= 0.3 is 0 Å². The minimum Gasteiger partial charge on any atom is -0.495 e. The minimum absolute atomic E-state index is 0.0208. The Morgan fingerprint density at radius 1 is 1.43 bits per heavy atom. The number of amides is 1. The van der Waals surface area contributed by atoms with Gasteiger partial charge in [0.15, 0.2) is 0 Å². The Bertz CT molecular complexity index is 617. The molecule has 0 radical (unpaired) electrons. The summed E-state index contributed by atoms with van der Waals surface area (Å²) in [6.45, 7) is 3.17. The molecule has 0 saturated heterocycles. The molecule has 0 aromatic heterocycles. The van der Waals surface area contributed by atoms with Crippen molar-refractivity contribution in [2.24, 2.45) is 0 Å². The van der Waals surface area contributed by atoms with Gasteiger partial charge in [0.1, 0.15) is 16.5 Å². The van der Waals surface area contributed by atoms with Gasteiger partial charge in [-0.15, -0.1) is 0 Å². The van der Waals surface area contributed by atoms with E-state index in [2.05, 4.69) is 5.32 Å². The Morgan fingerprint density at radius 2 is 2.05 bits per heavy atom. The average molecular weight is 318 g/mol. The first-order chi connectivity index (χ1) is 9.68. The lowest BCUT2D eigenvalue weighted by atomic mass is 10.3. The number of nitrogens with one attached hydrogen (secondary N) is 1. The molecule has 0 spiro atoms. The van der Waals surface area contributed by atoms with Gasteiger partial charge in [-0.3, -0.25) is 4.79 Å². The highest BCUT2D eigenvalue weighted by atomic mass is 32.2. The molecule has 0 heterocycles. The van der Waals surface area contributed by atoms with Gasteiger partial charge in [0.25, 0.3) is 0 Å². The molecule has 8 heteroatoms. The van der Waals surface area contributed by atoms with Gasteiger partial charge in [0.05, 0.1) is 13.7 Å². The van der Waals surface area contributed by atoms with E-state index in [9.17, 15) is 17.6 Å². The van der Waals surface area contributed by atoms with Crippen molar-refractivity contribution >= 4 is 15.9 Å². The van der Waals surface area contributed by atoms with Crippen molar-refractivity contribution in [3.63, 3.8) is 0 Å². The number of benzene rings is 1. The summed E-state index contributed by atoms with van der Waals surface area (Å²) in [5, 5.41) is 2.59. The summed E-state index contributed by atoms with van der Waals surface area (Å²) in [5.41, 5.74) is 0. The van der Waals surface area contributed by atoms with Crippen LogP contribution in [0.25, 0.3) is 0 Å². The van der Waals surface area contributed by atoms with Crippen LogP contribution in [-0.4, -0.2) is 45.4 Å². The Kier molecular flexibility index (Phi) is 5.68. The molecule has 118 valence electrons. The van der Waals surface area contributed by atoms with Crippen LogP contribution in [0.2, 0.25) is 0 Å². The molecule has 0 atom stereocenters. The Hall–Kier alpha value is -1.67. The first-order valence-electron chi connectivity index (χ1n) is 6.27. The molecular weight excluding hydrogens is 299 g/mol. The second-order valence-corrected chi connectivity index (χ2v) is 6.79. The zero-order valence-corrected chi connectivity index (χ0v) is 13.2. The van der Waals surface area contributed by atoms with Gasteiger partial charge in [-0.25, -0.2) is 12.8 Å². The molecule has 1 aromatic rings. The fraction of sp³-hybridized carbons (Fsp3) is 0.462. The van der Waals surface area contributed by atoms with E-state index in [1.165, 1.54) is 20.2 Å². The number of ether oxygens (including phenoxy) is 1. The zero-order valence-electron chi connectivity index (χ0n) is 12.4. The van der Waals surface area contributed by atoms with Gasteiger partial charge in [-0.05, 0) is 32.0 Å². The van der Waals surface area contributed by atoms with Crippen LogP contribution in [0.1, 0.15) is 13.8 Å². The zero-order chi connectivity index (χ0) is 16.2. The normalized spacial score (nSPS) is 11.8. The van der Waals surface area contributed by atoms with Gasteiger partial charge in [0.2, 0.25) is 15.9 Å². The maximum absolute atomic E-state index is 13.3. The van der Waals surface area contributed by atoms with Gasteiger partial charge in [-0.1, -0.05) is 0 Å². The van der Waals surface area contributed by atoms with Crippen LogP contribution in [0, 0.1) is 5.82 Å². The standard InChI is InChI=1S/C13H19FN2O4S/c1-9(2)15-13(17)8-16(3)21(18,19)12-7-10(14)5-6-11(12)20-4/h5-7,9H,8H2,1-4H3,(H,15,17). The Balaban J connectivity index is 3.05. The van der Waals surface area contributed by atoms with Crippen LogP contribution >= 0.6 is 0 Å². The molecule has 0 unspecified atom stereocenters. The Morgan fingerprint density at radius 3 is 2.57 bits per heavy atom. The van der Waals surface area contributed by atoms with Crippen molar-refractivity contribution < 1.29 is 22.3 Å². The highest BCUT2D eigenvalue weighted by molar-refractivity contribution is 7.89. The average Bonchev–Trinajstić information content (AvgIpc) is 2.37. The summed E-state index contributed by atoms with van der Waals surface area (Å²) in [6, 6.07) is 3.09. The van der Waals surface area contributed by atoms with Crippen LogP contribution in [0.3, 0.4) is 0 Å². The van der Waals surface area contributed by atoms with Gasteiger partial charge in [0, 0.05) is 13.1 Å². The third-order valence-electron chi connectivity index (χ3n) is 2.63. The molecule has 1 aromatic carbocycles. The predicted molar refractivity (Wildman–Crippen MR) is 76.0 cm³/mol. The molecule has 6 nitrogen and oxygen atoms in total. The maximum Gasteiger partial charge on any atom is 0.247 e. The minimum atomic E-state index is -4.03. The third kappa shape index (κ3) is 4.40. The number of methoxy groups -OCH3 is 1. The maximum atomic E-state index is 13.3. The number of nitrogens with zero attached hydrogens (tertiary/aromatic N) is 1. The van der Waals surface area contributed by atoms with Crippen molar-refractivity contribution in [1.29, 1.82) is 0 Å². The number of sulfonamides is 1. The molecule has 0 bridgehead atoms. The predicted octanol–water partition coefficient (Wildman–Crippen LogP) is 0.979. The van der Waals surface area contributed by atoms with E-state index >= 15 is 0 Å². The molecule has 0 aliphatic rings. The number of carbonyl (C=O) groups is 1. The second kappa shape index (κ2) is 6.86. The van der Waals surface area contributed by atoms with E-state index in [-0.39, 0.29) is 23.2 Å². The summed E-state index contributed by atoms with van der Waals surface area (Å²) in [7, 11) is -1.49. The lowest BCUT2D eigenvalue weighted by molar-refractivity contribution is -0.121. The number of likely N-dealkylation sites (N-methyl/N-ethyl adjacent to an activating group) is 1. The largest absolute Gasteiger partial charge is 0.495 e. The van der Waals surface area contributed by atoms with Crippen LogP contribution in [0.4, 0.5) is 4.39 Å². The molecule has 0 aliphatic heterocycles. The number of carbonyl (C=O) groups excluding carboxylic acids is 1. The first-order valence-corrected chi connectivity index (χ1v) is 7.71. The molecule has 1 amide bonds. The molecule has 0 fully saturated rings. The van der Waals surface area contributed by atoms with Crippen LogP contribution in [0.5, 0.6) is 5.75 Å². The van der Waals surface area contributed by atoms with Gasteiger partial charge in [-0.2, -0.15) is 4.31 Å². The van der Waals surface area contributed by atoms with Crippen LogP contribution in [0.15, 0.2) is 23.1 Å². The SMILES string of the molecule is COc1ccc(F)cc1S(=O)(=O)N(C)CC(=O)NC(C)C. The Labute approximate surface area is 123 Å². The summed E-state index contributed by atoms with van der Waals surface area (Å²) in [4.78, 5) is 11.3. The van der Waals surface area contributed by atoms with Crippen molar-refractivity contribution in [2.45, 2.75) is 24.8 Å². The lowest BCUT2D eigenvalue weighted by Gasteiger charge is -2.19. The van der Waals surface area contributed by atoms with Crippen LogP contribution < -0.4 is 10.1 Å². The van der Waals surface area contributed by atoms with Crippen LogP contribution in [-0.2, 0) is 14.8 Å². The fourth-order valence-corrected chi connectivity index (χ4v) is 2.96. The van der Waals surface area contributed by atoms with Crippen molar-refractivity contribution in [3.8, 4) is 5.75 Å². The highest BCUT2D eigenvalue weighted by Gasteiger charge is 2.27. The number of hydrogen-bond donors (Lipinski definition) is 1.